The van der Waals surface area contributed by atoms with Crippen LogP contribution in [-0.4, -0.2) is 38.7 Å². The van der Waals surface area contributed by atoms with Crippen molar-refractivity contribution in [2.75, 3.05) is 21.3 Å². The van der Waals surface area contributed by atoms with Crippen LogP contribution < -0.4 is 9.47 Å². The molecule has 0 spiro atoms. The van der Waals surface area contributed by atoms with Crippen molar-refractivity contribution in [1.29, 1.82) is 0 Å². The topological polar surface area (TPSA) is 78.9 Å². The van der Waals surface area contributed by atoms with Gasteiger partial charge in [-0.2, -0.15) is 0 Å². The lowest BCUT2D eigenvalue weighted by Gasteiger charge is -2.27. The Bertz CT molecular complexity index is 1710. The van der Waals surface area contributed by atoms with Crippen LogP contribution in [0.25, 0.3) is 5.57 Å². The Morgan fingerprint density at radius 2 is 1.20 bits per heavy atom. The zero-order valence-electron chi connectivity index (χ0n) is 25.3. The molecule has 0 amide bonds. The van der Waals surface area contributed by atoms with E-state index in [2.05, 4.69) is 22.6 Å². The summed E-state index contributed by atoms with van der Waals surface area (Å²) in [6, 6.07) is 5.53. The molecule has 0 heterocycles. The number of halogens is 5. The summed E-state index contributed by atoms with van der Waals surface area (Å²) < 4.78 is 45.2. The minimum Gasteiger partial charge on any atom is -0.500 e. The molecule has 4 bridgehead atoms. The van der Waals surface area contributed by atoms with E-state index in [1.54, 1.807) is 6.07 Å². The summed E-state index contributed by atoms with van der Waals surface area (Å²) in [5, 5.41) is 4.38. The van der Waals surface area contributed by atoms with Crippen molar-refractivity contribution in [1.82, 2.24) is 0 Å². The lowest BCUT2D eigenvalue weighted by atomic mass is 9.75. The third-order valence-corrected chi connectivity index (χ3v) is 9.39. The number of rotatable bonds is 5. The Morgan fingerprint density at radius 1 is 0.696 bits per heavy atom. The number of fused-ring (bicyclic) bond motifs is 4. The van der Waals surface area contributed by atoms with Gasteiger partial charge in [0.2, 0.25) is 0 Å². The minimum atomic E-state index is -1.06. The fourth-order valence-electron chi connectivity index (χ4n) is 7.18. The standard InChI is InChI=1S/C18H16ClFO3.C17H14ClFO3.ClH/c1-22-14-8-10(5-6-19)7-13(20)15(14)16-17(21)11-3-4-12(9-11)18(16)23-2;1-22-13-7-9(4-5-18)6-12(19)14(13)15-16(20)10-2-3-11(8-10)17(15)21;/h7-8,11-12H,3-4,9H2,1-2H3;6-7,10-11,15H,2-3,8H2,1H3;1H. The number of hydrogen-bond acceptors (Lipinski definition) is 6. The van der Waals surface area contributed by atoms with Gasteiger partial charge in [0.1, 0.15) is 34.8 Å². The molecule has 46 heavy (non-hydrogen) atoms. The smallest absolute Gasteiger partial charge is 0.170 e. The van der Waals surface area contributed by atoms with E-state index >= 15 is 0 Å². The van der Waals surface area contributed by atoms with Crippen LogP contribution in [0.5, 0.6) is 11.5 Å². The van der Waals surface area contributed by atoms with Crippen molar-refractivity contribution in [3.63, 3.8) is 0 Å². The molecule has 11 heteroatoms. The molecule has 0 N–H and O–H groups in total. The molecule has 4 unspecified atom stereocenters. The Hall–Kier alpha value is -3.56. The molecule has 242 valence electrons. The summed E-state index contributed by atoms with van der Waals surface area (Å²) in [4.78, 5) is 37.8. The molecule has 3 fully saturated rings. The third kappa shape index (κ3) is 6.49. The molecule has 0 aliphatic heterocycles. The second kappa shape index (κ2) is 14.9. The van der Waals surface area contributed by atoms with Crippen LogP contribution in [0.3, 0.4) is 0 Å². The van der Waals surface area contributed by atoms with Crippen LogP contribution in [0.4, 0.5) is 8.78 Å². The third-order valence-electron chi connectivity index (χ3n) is 9.20. The second-order valence-electron chi connectivity index (χ2n) is 11.5. The van der Waals surface area contributed by atoms with Crippen molar-refractivity contribution >= 4 is 58.5 Å². The molecule has 6 nitrogen and oxygen atoms in total. The molecule has 2 aromatic carbocycles. The van der Waals surface area contributed by atoms with Crippen molar-refractivity contribution < 1.29 is 37.4 Å². The molecular formula is C35H31Cl3F2O6. The van der Waals surface area contributed by atoms with Gasteiger partial charge in [-0.05, 0) is 97.8 Å². The van der Waals surface area contributed by atoms with Gasteiger partial charge in [-0.3, -0.25) is 14.4 Å². The Labute approximate surface area is 282 Å². The van der Waals surface area contributed by atoms with E-state index in [4.69, 9.17) is 37.4 Å². The maximum atomic E-state index is 14.7. The van der Waals surface area contributed by atoms with E-state index in [0.29, 0.717) is 41.7 Å². The van der Waals surface area contributed by atoms with Crippen LogP contribution in [0.1, 0.15) is 66.7 Å². The van der Waals surface area contributed by atoms with Gasteiger partial charge >= 0.3 is 0 Å². The molecule has 3 saturated carbocycles. The van der Waals surface area contributed by atoms with E-state index in [-0.39, 0.29) is 76.1 Å². The molecule has 0 radical (unpaired) electrons. The van der Waals surface area contributed by atoms with Gasteiger partial charge in [-0.1, -0.05) is 0 Å². The average Bonchev–Trinajstić information content (AvgIpc) is 3.67. The maximum absolute atomic E-state index is 14.7. The van der Waals surface area contributed by atoms with E-state index in [1.807, 2.05) is 0 Å². The highest BCUT2D eigenvalue weighted by Crippen LogP contribution is 2.49. The predicted octanol–water partition coefficient (Wildman–Crippen LogP) is 7.19. The first kappa shape index (κ1) is 35.3. The summed E-state index contributed by atoms with van der Waals surface area (Å²) in [7, 11) is 4.34. The Balaban J connectivity index is 0.000000205. The van der Waals surface area contributed by atoms with Crippen LogP contribution in [0, 0.1) is 57.9 Å². The Kier molecular flexibility index (Phi) is 11.4. The van der Waals surface area contributed by atoms with Gasteiger partial charge < -0.3 is 14.2 Å². The predicted molar refractivity (Wildman–Crippen MR) is 172 cm³/mol. The zero-order chi connectivity index (χ0) is 32.4. The molecule has 2 aromatic rings. The summed E-state index contributed by atoms with van der Waals surface area (Å²) >= 11 is 10.7. The molecular weight excluding hydrogens is 661 g/mol. The molecule has 0 aromatic heterocycles. The summed E-state index contributed by atoms with van der Waals surface area (Å²) in [5.74, 6) is 3.24. The van der Waals surface area contributed by atoms with E-state index in [9.17, 15) is 23.2 Å². The number of hydrogen-bond donors (Lipinski definition) is 0. The first-order valence-corrected chi connectivity index (χ1v) is 15.3. The normalized spacial score (nSPS) is 24.1. The number of Topliss-reactive ketones (excluding diaryl/α,β-unsaturated/α-hetero) is 3. The zero-order valence-corrected chi connectivity index (χ0v) is 27.6. The maximum Gasteiger partial charge on any atom is 0.170 e. The number of ether oxygens (including phenoxy) is 3. The number of benzene rings is 2. The monoisotopic (exact) mass is 690 g/mol. The van der Waals surface area contributed by atoms with Crippen LogP contribution in [0.2, 0.25) is 0 Å². The fourth-order valence-corrected chi connectivity index (χ4v) is 7.40. The lowest BCUT2D eigenvalue weighted by molar-refractivity contribution is -0.136. The SMILES string of the molecule is COC1=C(c2c(F)cc(C#CCl)cc2OC)C(=O)C2CCC1C2.COc1cc(C#CCl)cc(F)c1C1C(=O)C2CCC(C2)C1=O.Cl. The molecule has 0 saturated heterocycles. The lowest BCUT2D eigenvalue weighted by Crippen LogP contribution is -2.35. The van der Waals surface area contributed by atoms with E-state index in [1.165, 1.54) is 39.5 Å². The van der Waals surface area contributed by atoms with Gasteiger partial charge in [0, 0.05) is 51.1 Å². The van der Waals surface area contributed by atoms with Crippen molar-refractivity contribution in [2.24, 2.45) is 23.7 Å². The number of methoxy groups -OCH3 is 3. The number of ketones is 3. The highest BCUT2D eigenvalue weighted by Gasteiger charge is 2.49. The van der Waals surface area contributed by atoms with Crippen molar-refractivity contribution in [2.45, 2.75) is 44.4 Å². The Morgan fingerprint density at radius 3 is 1.74 bits per heavy atom. The fraction of sp³-hybridized carbons (Fsp3) is 0.400. The van der Waals surface area contributed by atoms with Crippen LogP contribution in [-0.2, 0) is 19.1 Å². The van der Waals surface area contributed by atoms with Gasteiger partial charge in [0.25, 0.3) is 0 Å². The van der Waals surface area contributed by atoms with Gasteiger partial charge in [-0.25, -0.2) is 8.78 Å². The first-order valence-electron chi connectivity index (χ1n) is 14.6. The molecule has 4 aliphatic carbocycles. The van der Waals surface area contributed by atoms with Crippen molar-refractivity contribution in [3.05, 3.63) is 63.9 Å². The number of carbonyl (C=O) groups is 3. The average molecular weight is 692 g/mol. The van der Waals surface area contributed by atoms with Gasteiger partial charge in [0.15, 0.2) is 17.3 Å². The number of carbonyl (C=O) groups excluding carboxylic acids is 3. The molecule has 4 aliphatic rings. The quantitative estimate of drug-likeness (QED) is 0.244. The largest absolute Gasteiger partial charge is 0.500 e. The molecule has 4 atom stereocenters. The van der Waals surface area contributed by atoms with Gasteiger partial charge in [0.05, 0.1) is 32.5 Å². The highest BCUT2D eigenvalue weighted by atomic mass is 35.5. The van der Waals surface area contributed by atoms with Gasteiger partial charge in [-0.15, -0.1) is 12.4 Å². The highest BCUT2D eigenvalue weighted by molar-refractivity contribution is 6.30. The van der Waals surface area contributed by atoms with Crippen LogP contribution >= 0.6 is 35.6 Å². The van der Waals surface area contributed by atoms with E-state index < -0.39 is 17.6 Å². The van der Waals surface area contributed by atoms with E-state index in [0.717, 1.165) is 19.3 Å². The summed E-state index contributed by atoms with van der Waals surface area (Å²) in [6.45, 7) is 0. The van der Waals surface area contributed by atoms with Crippen molar-refractivity contribution in [3.8, 4) is 34.1 Å². The minimum absolute atomic E-state index is 0. The number of allylic oxidation sites excluding steroid dienone is 2. The summed E-state index contributed by atoms with van der Waals surface area (Å²) in [6.07, 6.45) is 4.53. The first-order chi connectivity index (χ1) is 21.7. The van der Waals surface area contributed by atoms with Crippen LogP contribution in [0.15, 0.2) is 30.0 Å². The second-order valence-corrected chi connectivity index (χ2v) is 11.9. The summed E-state index contributed by atoms with van der Waals surface area (Å²) in [5.41, 5.74) is 1.24. The molecule has 6 rings (SSSR count).